The number of imide groups is 2. The van der Waals surface area contributed by atoms with Gasteiger partial charge in [0.15, 0.2) is 0 Å². The average Bonchev–Trinajstić information content (AvgIpc) is 3.05. The van der Waals surface area contributed by atoms with Gasteiger partial charge in [0.25, 0.3) is 11.8 Å². The van der Waals surface area contributed by atoms with Crippen LogP contribution in [0.1, 0.15) is 58.0 Å². The Bertz CT molecular complexity index is 1080. The van der Waals surface area contributed by atoms with E-state index in [9.17, 15) is 19.2 Å². The number of carbonyl (C=O) groups excluding carboxylic acids is 4. The number of nitrogens with zero attached hydrogens (tertiary/aromatic N) is 4. The normalized spacial score (nSPS) is 22.0. The summed E-state index contributed by atoms with van der Waals surface area (Å²) in [6.45, 7) is 1.45. The van der Waals surface area contributed by atoms with Crippen LogP contribution in [-0.4, -0.2) is 57.6 Å². The van der Waals surface area contributed by atoms with Gasteiger partial charge in [-0.15, -0.1) is 0 Å². The molecule has 4 amide bonds. The van der Waals surface area contributed by atoms with Gasteiger partial charge in [0.05, 0.1) is 16.8 Å². The zero-order valence-electron chi connectivity index (χ0n) is 16.8. The summed E-state index contributed by atoms with van der Waals surface area (Å²) in [6, 6.07) is 6.22. The van der Waals surface area contributed by atoms with E-state index in [1.807, 2.05) is 12.1 Å². The van der Waals surface area contributed by atoms with Crippen molar-refractivity contribution in [2.45, 2.75) is 37.6 Å². The molecule has 0 aliphatic carbocycles. The van der Waals surface area contributed by atoms with Crippen molar-refractivity contribution in [3.8, 4) is 0 Å². The van der Waals surface area contributed by atoms with E-state index in [1.165, 1.54) is 0 Å². The smallest absolute Gasteiger partial charge is 0.264 e. The molecule has 0 saturated carbocycles. The lowest BCUT2D eigenvalue weighted by Gasteiger charge is -2.34. The van der Waals surface area contributed by atoms with E-state index in [1.54, 1.807) is 24.7 Å². The minimum Gasteiger partial charge on any atom is -0.371 e. The summed E-state index contributed by atoms with van der Waals surface area (Å²) in [5.41, 5.74) is 2.39. The van der Waals surface area contributed by atoms with Gasteiger partial charge in [-0.25, -0.2) is 9.97 Å². The van der Waals surface area contributed by atoms with Crippen LogP contribution in [-0.2, 0) is 9.59 Å². The van der Waals surface area contributed by atoms with Crippen molar-refractivity contribution in [3.05, 3.63) is 53.6 Å². The second-order valence-electron chi connectivity index (χ2n) is 8.04. The molecule has 1 unspecified atom stereocenters. The molecule has 2 aromatic rings. The van der Waals surface area contributed by atoms with Gasteiger partial charge in [0, 0.05) is 37.3 Å². The third-order valence-electron chi connectivity index (χ3n) is 6.30. The minimum atomic E-state index is -0.957. The molecule has 0 radical (unpaired) electrons. The number of amides is 4. The third kappa shape index (κ3) is 3.26. The lowest BCUT2D eigenvalue weighted by molar-refractivity contribution is -0.136. The fraction of sp³-hybridized carbons (Fsp3) is 0.364. The Kier molecular flexibility index (Phi) is 4.72. The van der Waals surface area contributed by atoms with Crippen molar-refractivity contribution in [3.63, 3.8) is 0 Å². The topological polar surface area (TPSA) is 113 Å². The Labute approximate surface area is 178 Å². The molecule has 0 spiro atoms. The summed E-state index contributed by atoms with van der Waals surface area (Å²) >= 11 is 0. The molecular weight excluding hydrogens is 398 g/mol. The summed E-state index contributed by atoms with van der Waals surface area (Å²) in [7, 11) is 0. The zero-order chi connectivity index (χ0) is 21.5. The summed E-state index contributed by atoms with van der Waals surface area (Å²) in [6.07, 6.45) is 5.30. The zero-order valence-corrected chi connectivity index (χ0v) is 16.8. The van der Waals surface area contributed by atoms with E-state index < -0.39 is 23.8 Å². The molecule has 3 aliphatic rings. The van der Waals surface area contributed by atoms with Crippen LogP contribution in [0.4, 0.5) is 5.69 Å². The fourth-order valence-electron chi connectivity index (χ4n) is 4.72. The first-order valence-electron chi connectivity index (χ1n) is 10.4. The number of nitrogens with one attached hydrogen (secondary N) is 1. The lowest BCUT2D eigenvalue weighted by atomic mass is 9.92. The molecule has 9 heteroatoms. The maximum atomic E-state index is 13.3. The molecule has 1 atom stereocenters. The van der Waals surface area contributed by atoms with Gasteiger partial charge < -0.3 is 4.90 Å². The SMILES string of the molecule is O=C1CCC(N2C(=O)c3cccc(N4CCC(c5ccncn5)CC4)c3C2=O)C(=O)N1. The second-order valence-corrected chi connectivity index (χ2v) is 8.04. The number of fused-ring (bicyclic) bond motifs is 1. The molecule has 1 aromatic heterocycles. The Hall–Kier alpha value is -3.62. The molecule has 158 valence electrons. The number of hydrogen-bond acceptors (Lipinski definition) is 7. The van der Waals surface area contributed by atoms with Crippen molar-refractivity contribution < 1.29 is 19.2 Å². The highest BCUT2D eigenvalue weighted by Crippen LogP contribution is 2.37. The van der Waals surface area contributed by atoms with E-state index in [-0.39, 0.29) is 18.7 Å². The Morgan fingerprint density at radius 3 is 2.48 bits per heavy atom. The number of aromatic nitrogens is 2. The predicted octanol–water partition coefficient (Wildman–Crippen LogP) is 1.26. The molecule has 0 bridgehead atoms. The highest BCUT2D eigenvalue weighted by atomic mass is 16.2. The van der Waals surface area contributed by atoms with Gasteiger partial charge in [-0.1, -0.05) is 6.07 Å². The molecule has 9 nitrogen and oxygen atoms in total. The van der Waals surface area contributed by atoms with Gasteiger partial charge in [0.1, 0.15) is 12.4 Å². The molecule has 3 aliphatic heterocycles. The van der Waals surface area contributed by atoms with E-state index in [4.69, 9.17) is 0 Å². The molecule has 2 fully saturated rings. The molecule has 5 rings (SSSR count). The van der Waals surface area contributed by atoms with Crippen LogP contribution >= 0.6 is 0 Å². The summed E-state index contributed by atoms with van der Waals surface area (Å²) in [5.74, 6) is -1.60. The number of hydrogen-bond donors (Lipinski definition) is 1. The van der Waals surface area contributed by atoms with E-state index >= 15 is 0 Å². The summed E-state index contributed by atoms with van der Waals surface area (Å²) in [4.78, 5) is 61.5. The summed E-state index contributed by atoms with van der Waals surface area (Å²) in [5, 5.41) is 2.23. The van der Waals surface area contributed by atoms with Crippen LogP contribution in [0.5, 0.6) is 0 Å². The van der Waals surface area contributed by atoms with Crippen molar-refractivity contribution in [2.75, 3.05) is 18.0 Å². The Morgan fingerprint density at radius 2 is 1.77 bits per heavy atom. The average molecular weight is 419 g/mol. The third-order valence-corrected chi connectivity index (χ3v) is 6.30. The van der Waals surface area contributed by atoms with E-state index in [0.29, 0.717) is 22.7 Å². The summed E-state index contributed by atoms with van der Waals surface area (Å²) < 4.78 is 0. The van der Waals surface area contributed by atoms with Crippen molar-refractivity contribution in [2.24, 2.45) is 0 Å². The quantitative estimate of drug-likeness (QED) is 0.746. The first-order valence-corrected chi connectivity index (χ1v) is 10.4. The molecule has 4 heterocycles. The maximum Gasteiger partial charge on any atom is 0.264 e. The van der Waals surface area contributed by atoms with E-state index in [2.05, 4.69) is 20.2 Å². The Morgan fingerprint density at radius 1 is 0.968 bits per heavy atom. The number of anilines is 1. The van der Waals surface area contributed by atoms with Crippen LogP contribution in [0.2, 0.25) is 0 Å². The first-order chi connectivity index (χ1) is 15.0. The van der Waals surface area contributed by atoms with Crippen LogP contribution in [0.25, 0.3) is 0 Å². The molecule has 1 aromatic carbocycles. The van der Waals surface area contributed by atoms with Gasteiger partial charge in [-0.05, 0) is 37.5 Å². The second kappa shape index (κ2) is 7.57. The highest BCUT2D eigenvalue weighted by molar-refractivity contribution is 6.25. The molecule has 2 saturated heterocycles. The maximum absolute atomic E-state index is 13.3. The predicted molar refractivity (Wildman–Crippen MR) is 109 cm³/mol. The van der Waals surface area contributed by atoms with Crippen LogP contribution < -0.4 is 10.2 Å². The Balaban J connectivity index is 1.39. The highest BCUT2D eigenvalue weighted by Gasteiger charge is 2.46. The standard InChI is InChI=1S/C22H21N5O4/c28-18-5-4-17(20(29)25-18)27-21(30)14-2-1-3-16(19(14)22(27)31)26-10-7-13(8-11-26)15-6-9-23-12-24-15/h1-3,6,9,12-13,17H,4-5,7-8,10-11H2,(H,25,28,29). The molecule has 1 N–H and O–H groups in total. The number of piperidine rings is 2. The van der Waals surface area contributed by atoms with Gasteiger partial charge >= 0.3 is 0 Å². The van der Waals surface area contributed by atoms with Gasteiger partial charge in [-0.3, -0.25) is 29.4 Å². The monoisotopic (exact) mass is 419 g/mol. The van der Waals surface area contributed by atoms with Crippen LogP contribution in [0.15, 0.2) is 36.8 Å². The van der Waals surface area contributed by atoms with Gasteiger partial charge in [-0.2, -0.15) is 0 Å². The fourth-order valence-corrected chi connectivity index (χ4v) is 4.72. The van der Waals surface area contributed by atoms with E-state index in [0.717, 1.165) is 36.5 Å². The van der Waals surface area contributed by atoms with Crippen molar-refractivity contribution in [1.82, 2.24) is 20.2 Å². The largest absolute Gasteiger partial charge is 0.371 e. The van der Waals surface area contributed by atoms with Crippen molar-refractivity contribution >= 4 is 29.3 Å². The number of carbonyl (C=O) groups is 4. The van der Waals surface area contributed by atoms with Gasteiger partial charge in [0.2, 0.25) is 11.8 Å². The van der Waals surface area contributed by atoms with Crippen LogP contribution in [0.3, 0.4) is 0 Å². The number of rotatable bonds is 3. The van der Waals surface area contributed by atoms with Crippen molar-refractivity contribution in [1.29, 1.82) is 0 Å². The molecular formula is C22H21N5O4. The van der Waals surface area contributed by atoms with Crippen LogP contribution in [0, 0.1) is 0 Å². The molecule has 31 heavy (non-hydrogen) atoms. The number of benzene rings is 1. The first kappa shape index (κ1) is 19.3. The lowest BCUT2D eigenvalue weighted by Crippen LogP contribution is -2.54. The minimum absolute atomic E-state index is 0.104.